The molecule has 0 fully saturated rings. The summed E-state index contributed by atoms with van der Waals surface area (Å²) in [7, 11) is 0. The van der Waals surface area contributed by atoms with Gasteiger partial charge in [-0.25, -0.2) is 9.59 Å². The Labute approximate surface area is 121 Å². The van der Waals surface area contributed by atoms with E-state index in [2.05, 4.69) is 15.6 Å². The molecule has 21 heavy (non-hydrogen) atoms. The van der Waals surface area contributed by atoms with E-state index in [1.807, 2.05) is 6.92 Å². The molecule has 2 aromatic rings. The Bertz CT molecular complexity index is 681. The van der Waals surface area contributed by atoms with Gasteiger partial charge < -0.3 is 15.7 Å². The topological polar surface area (TPSA) is 91.3 Å². The van der Waals surface area contributed by atoms with E-state index in [0.717, 1.165) is 5.69 Å². The zero-order valence-corrected chi connectivity index (χ0v) is 11.7. The molecule has 2 rings (SSSR count). The highest BCUT2D eigenvalue weighted by molar-refractivity contribution is 6.00. The Morgan fingerprint density at radius 3 is 2.33 bits per heavy atom. The number of carbonyl (C=O) groups is 2. The van der Waals surface area contributed by atoms with E-state index >= 15 is 0 Å². The Balaban J connectivity index is 2.07. The molecule has 0 atom stereocenters. The Morgan fingerprint density at radius 1 is 1.05 bits per heavy atom. The number of rotatable bonds is 3. The number of carboxylic acids is 1. The van der Waals surface area contributed by atoms with Gasteiger partial charge in [-0.2, -0.15) is 0 Å². The predicted molar refractivity (Wildman–Crippen MR) is 79.8 cm³/mol. The van der Waals surface area contributed by atoms with Gasteiger partial charge in [-0.05, 0) is 43.7 Å². The second kappa shape index (κ2) is 6.04. The zero-order valence-electron chi connectivity index (χ0n) is 11.7. The maximum absolute atomic E-state index is 11.8. The van der Waals surface area contributed by atoms with Crippen LogP contribution in [-0.2, 0) is 0 Å². The second-order valence-electron chi connectivity index (χ2n) is 4.60. The number of hydrogen-bond acceptors (Lipinski definition) is 3. The molecule has 6 heteroatoms. The molecule has 108 valence electrons. The number of amides is 2. The van der Waals surface area contributed by atoms with Crippen LogP contribution in [0.5, 0.6) is 0 Å². The van der Waals surface area contributed by atoms with Crippen LogP contribution >= 0.6 is 0 Å². The highest BCUT2D eigenvalue weighted by atomic mass is 16.4. The van der Waals surface area contributed by atoms with Gasteiger partial charge in [0.15, 0.2) is 0 Å². The molecule has 0 saturated heterocycles. The minimum Gasteiger partial charge on any atom is -0.478 e. The van der Waals surface area contributed by atoms with E-state index in [0.29, 0.717) is 16.9 Å². The lowest BCUT2D eigenvalue weighted by molar-refractivity contribution is 0.0696. The van der Waals surface area contributed by atoms with Gasteiger partial charge in [0.1, 0.15) is 0 Å². The molecule has 0 radical (unpaired) electrons. The van der Waals surface area contributed by atoms with Crippen LogP contribution in [0.1, 0.15) is 21.6 Å². The number of nitrogens with one attached hydrogen (secondary N) is 2. The van der Waals surface area contributed by atoms with Crippen molar-refractivity contribution in [1.29, 1.82) is 0 Å². The molecule has 1 aromatic carbocycles. The second-order valence-corrected chi connectivity index (χ2v) is 4.60. The van der Waals surface area contributed by atoms with E-state index in [1.165, 1.54) is 6.07 Å². The molecule has 0 aliphatic rings. The normalized spacial score (nSPS) is 10.0. The molecule has 0 aliphatic heterocycles. The van der Waals surface area contributed by atoms with Crippen molar-refractivity contribution in [3.8, 4) is 0 Å². The van der Waals surface area contributed by atoms with Crippen molar-refractivity contribution in [2.75, 3.05) is 10.6 Å². The number of aromatic carboxylic acids is 1. The van der Waals surface area contributed by atoms with Crippen LogP contribution < -0.4 is 10.6 Å². The molecule has 1 aromatic heterocycles. The lowest BCUT2D eigenvalue weighted by Gasteiger charge is -2.09. The summed E-state index contributed by atoms with van der Waals surface area (Å²) >= 11 is 0. The molecule has 0 unspecified atom stereocenters. The Kier molecular flexibility index (Phi) is 4.18. The van der Waals surface area contributed by atoms with Crippen molar-refractivity contribution in [2.24, 2.45) is 0 Å². The highest BCUT2D eigenvalue weighted by Gasteiger charge is 2.09. The fourth-order valence-corrected chi connectivity index (χ4v) is 1.77. The average Bonchev–Trinajstić information content (AvgIpc) is 2.43. The Morgan fingerprint density at radius 2 is 1.71 bits per heavy atom. The summed E-state index contributed by atoms with van der Waals surface area (Å²) in [6, 6.07) is 7.77. The third-order valence-electron chi connectivity index (χ3n) is 2.90. The minimum absolute atomic E-state index is 0.157. The fourth-order valence-electron chi connectivity index (χ4n) is 1.77. The third kappa shape index (κ3) is 3.79. The molecular formula is C15H15N3O3. The number of pyridine rings is 1. The highest BCUT2D eigenvalue weighted by Crippen LogP contribution is 2.16. The van der Waals surface area contributed by atoms with E-state index in [-0.39, 0.29) is 5.56 Å². The maximum Gasteiger partial charge on any atom is 0.336 e. The SMILES string of the molecule is Cc1ccc(NC(=O)Nc2ccc(C)c(C(=O)O)c2)cn1. The molecule has 0 bridgehead atoms. The summed E-state index contributed by atoms with van der Waals surface area (Å²) in [5.74, 6) is -1.03. The summed E-state index contributed by atoms with van der Waals surface area (Å²) in [5, 5.41) is 14.3. The first-order valence-corrected chi connectivity index (χ1v) is 6.30. The predicted octanol–water partition coefficient (Wildman–Crippen LogP) is 3.04. The number of carboxylic acid groups (broad SMARTS) is 1. The van der Waals surface area contributed by atoms with Gasteiger partial charge in [-0.15, -0.1) is 0 Å². The van der Waals surface area contributed by atoms with Gasteiger partial charge in [0, 0.05) is 11.4 Å². The van der Waals surface area contributed by atoms with Crippen molar-refractivity contribution in [3.05, 3.63) is 53.3 Å². The first kappa shape index (κ1) is 14.5. The average molecular weight is 285 g/mol. The van der Waals surface area contributed by atoms with E-state index < -0.39 is 12.0 Å². The molecule has 3 N–H and O–H groups in total. The van der Waals surface area contributed by atoms with Gasteiger partial charge in [-0.3, -0.25) is 4.98 Å². The number of aromatic nitrogens is 1. The lowest BCUT2D eigenvalue weighted by Crippen LogP contribution is -2.19. The van der Waals surface area contributed by atoms with Crippen molar-refractivity contribution >= 4 is 23.4 Å². The maximum atomic E-state index is 11.8. The lowest BCUT2D eigenvalue weighted by atomic mass is 10.1. The Hall–Kier alpha value is -2.89. The number of benzene rings is 1. The number of anilines is 2. The van der Waals surface area contributed by atoms with Gasteiger partial charge in [0.25, 0.3) is 0 Å². The van der Waals surface area contributed by atoms with E-state index in [1.54, 1.807) is 37.4 Å². The van der Waals surface area contributed by atoms with E-state index in [4.69, 9.17) is 5.11 Å². The van der Waals surface area contributed by atoms with Crippen molar-refractivity contribution < 1.29 is 14.7 Å². The van der Waals surface area contributed by atoms with Crippen LogP contribution in [0.15, 0.2) is 36.5 Å². The van der Waals surface area contributed by atoms with Crippen LogP contribution in [0.25, 0.3) is 0 Å². The van der Waals surface area contributed by atoms with Crippen LogP contribution in [-0.4, -0.2) is 22.1 Å². The molecule has 0 saturated carbocycles. The van der Waals surface area contributed by atoms with Crippen LogP contribution in [0.3, 0.4) is 0 Å². The standard InChI is InChI=1S/C15H15N3O3/c1-9-3-5-11(7-13(9)14(19)20)17-15(21)18-12-6-4-10(2)16-8-12/h3-8H,1-2H3,(H,19,20)(H2,17,18,21). The summed E-state index contributed by atoms with van der Waals surface area (Å²) in [6.45, 7) is 3.55. The molecule has 0 aliphatic carbocycles. The van der Waals surface area contributed by atoms with Gasteiger partial charge in [-0.1, -0.05) is 6.07 Å². The first-order chi connectivity index (χ1) is 9.95. The van der Waals surface area contributed by atoms with Gasteiger partial charge in [0.2, 0.25) is 0 Å². The van der Waals surface area contributed by atoms with Gasteiger partial charge >= 0.3 is 12.0 Å². The minimum atomic E-state index is -1.03. The number of hydrogen-bond donors (Lipinski definition) is 3. The number of carbonyl (C=O) groups excluding carboxylic acids is 1. The molecule has 0 spiro atoms. The zero-order chi connectivity index (χ0) is 15.4. The summed E-state index contributed by atoms with van der Waals surface area (Å²) in [6.07, 6.45) is 1.55. The van der Waals surface area contributed by atoms with Crippen molar-refractivity contribution in [2.45, 2.75) is 13.8 Å². The van der Waals surface area contributed by atoms with Crippen molar-refractivity contribution in [3.63, 3.8) is 0 Å². The third-order valence-corrected chi connectivity index (χ3v) is 2.90. The molecule has 6 nitrogen and oxygen atoms in total. The smallest absolute Gasteiger partial charge is 0.336 e. The number of aryl methyl sites for hydroxylation is 2. The quantitative estimate of drug-likeness (QED) is 0.808. The van der Waals surface area contributed by atoms with E-state index in [9.17, 15) is 9.59 Å². The molecule has 1 heterocycles. The number of nitrogens with zero attached hydrogens (tertiary/aromatic N) is 1. The molecular weight excluding hydrogens is 270 g/mol. The van der Waals surface area contributed by atoms with Crippen LogP contribution in [0.4, 0.5) is 16.2 Å². The first-order valence-electron chi connectivity index (χ1n) is 6.30. The number of urea groups is 1. The summed E-state index contributed by atoms with van der Waals surface area (Å²) < 4.78 is 0. The van der Waals surface area contributed by atoms with Crippen LogP contribution in [0.2, 0.25) is 0 Å². The van der Waals surface area contributed by atoms with Crippen LogP contribution in [0, 0.1) is 13.8 Å². The van der Waals surface area contributed by atoms with Gasteiger partial charge in [0.05, 0.1) is 17.4 Å². The molecule has 2 amide bonds. The monoisotopic (exact) mass is 285 g/mol. The largest absolute Gasteiger partial charge is 0.478 e. The summed E-state index contributed by atoms with van der Waals surface area (Å²) in [5.41, 5.74) is 2.62. The summed E-state index contributed by atoms with van der Waals surface area (Å²) in [4.78, 5) is 26.9. The fraction of sp³-hybridized carbons (Fsp3) is 0.133. The van der Waals surface area contributed by atoms with Crippen molar-refractivity contribution in [1.82, 2.24) is 4.98 Å².